The monoisotopic (exact) mass is 203 g/mol. The molecule has 3 aliphatic rings. The average molecular weight is 203 g/mol. The number of hydrogen-bond acceptors (Lipinski definition) is 2. The number of aromatic amines is 1. The van der Waals surface area contributed by atoms with Crippen molar-refractivity contribution in [3.05, 3.63) is 27.2 Å². The number of aromatic nitrogens is 3. The summed E-state index contributed by atoms with van der Waals surface area (Å²) in [6.07, 6.45) is 2.99. The first-order valence-corrected chi connectivity index (χ1v) is 5.25. The molecule has 1 aliphatic carbocycles. The second-order valence-electron chi connectivity index (χ2n) is 4.22. The number of pyridine rings is 1. The standard InChI is InChI=1S/C11H13N3O/c1-6-9-7-4-3-5-8(7)11(15)12-10(9)14(2)13-6/h13H,3-5H2,1-2H3. The second-order valence-corrected chi connectivity index (χ2v) is 4.22. The van der Waals surface area contributed by atoms with Gasteiger partial charge in [-0.05, 0) is 31.7 Å². The predicted octanol–water partition coefficient (Wildman–Crippen LogP) is 1.01. The Balaban J connectivity index is 2.49. The van der Waals surface area contributed by atoms with Gasteiger partial charge in [0.1, 0.15) is 0 Å². The van der Waals surface area contributed by atoms with Crippen molar-refractivity contribution in [2.45, 2.75) is 26.2 Å². The highest BCUT2D eigenvalue weighted by Gasteiger charge is 2.25. The van der Waals surface area contributed by atoms with Crippen molar-refractivity contribution in [2.24, 2.45) is 7.05 Å². The van der Waals surface area contributed by atoms with Gasteiger partial charge >= 0.3 is 0 Å². The maximum Gasteiger partial charge on any atom is 0.275 e. The summed E-state index contributed by atoms with van der Waals surface area (Å²) >= 11 is 0. The van der Waals surface area contributed by atoms with E-state index in [9.17, 15) is 4.79 Å². The number of rotatable bonds is 0. The third kappa shape index (κ3) is 1.02. The van der Waals surface area contributed by atoms with Gasteiger partial charge in [0.05, 0.1) is 0 Å². The molecule has 0 aromatic heterocycles. The summed E-state index contributed by atoms with van der Waals surface area (Å²) in [6, 6.07) is 0. The third-order valence-electron chi connectivity index (χ3n) is 3.24. The Labute approximate surface area is 87.3 Å². The Morgan fingerprint density at radius 2 is 2.07 bits per heavy atom. The Morgan fingerprint density at radius 1 is 1.33 bits per heavy atom. The number of fused-ring (bicyclic) bond motifs is 3. The first kappa shape index (κ1) is 8.71. The first-order valence-electron chi connectivity index (χ1n) is 5.25. The smallest absolute Gasteiger partial charge is 0.275 e. The van der Waals surface area contributed by atoms with E-state index in [0.29, 0.717) is 0 Å². The topological polar surface area (TPSA) is 50.7 Å². The highest BCUT2D eigenvalue weighted by atomic mass is 16.1. The highest BCUT2D eigenvalue weighted by Crippen LogP contribution is 2.32. The minimum absolute atomic E-state index is 0.0374. The number of nitrogens with zero attached hydrogens (tertiary/aromatic N) is 2. The van der Waals surface area contributed by atoms with Crippen LogP contribution in [0.2, 0.25) is 0 Å². The van der Waals surface area contributed by atoms with Crippen LogP contribution in [0.5, 0.6) is 0 Å². The van der Waals surface area contributed by atoms with E-state index in [1.807, 2.05) is 18.7 Å². The van der Waals surface area contributed by atoms with Gasteiger partial charge in [-0.1, -0.05) is 0 Å². The van der Waals surface area contributed by atoms with E-state index in [0.717, 1.165) is 41.9 Å². The van der Waals surface area contributed by atoms with Crippen LogP contribution in [0.3, 0.4) is 0 Å². The minimum Gasteiger partial charge on any atom is -0.301 e. The van der Waals surface area contributed by atoms with E-state index in [1.165, 1.54) is 5.56 Å². The Kier molecular flexibility index (Phi) is 1.58. The molecule has 0 aromatic rings. The number of hydrogen-bond donors (Lipinski definition) is 1. The van der Waals surface area contributed by atoms with Gasteiger partial charge in [0, 0.05) is 23.9 Å². The van der Waals surface area contributed by atoms with Crippen LogP contribution in [0.15, 0.2) is 4.79 Å². The summed E-state index contributed by atoms with van der Waals surface area (Å²) < 4.78 is 1.82. The largest absolute Gasteiger partial charge is 0.301 e. The molecule has 0 aromatic carbocycles. The Morgan fingerprint density at radius 3 is 2.87 bits per heavy atom. The zero-order valence-corrected chi connectivity index (χ0v) is 8.92. The number of nitrogens with one attached hydrogen (secondary N) is 1. The molecule has 0 bridgehead atoms. The summed E-state index contributed by atoms with van der Waals surface area (Å²) in [4.78, 5) is 15.9. The van der Waals surface area contributed by atoms with Crippen LogP contribution in [-0.2, 0) is 19.9 Å². The van der Waals surface area contributed by atoms with Crippen molar-refractivity contribution < 1.29 is 0 Å². The molecule has 3 rings (SSSR count). The first-order chi connectivity index (χ1) is 7.18. The molecule has 0 radical (unpaired) electrons. The molecule has 1 N–H and O–H groups in total. The van der Waals surface area contributed by atoms with E-state index < -0.39 is 0 Å². The maximum absolute atomic E-state index is 11.7. The van der Waals surface area contributed by atoms with E-state index in [-0.39, 0.29) is 5.56 Å². The summed E-state index contributed by atoms with van der Waals surface area (Å²) in [5.41, 5.74) is 4.39. The quantitative estimate of drug-likeness (QED) is 0.694. The molecule has 4 nitrogen and oxygen atoms in total. The molecule has 0 fully saturated rings. The zero-order valence-electron chi connectivity index (χ0n) is 8.92. The van der Waals surface area contributed by atoms with Gasteiger partial charge in [-0.15, -0.1) is 0 Å². The number of H-pyrrole nitrogens is 1. The maximum atomic E-state index is 11.7. The predicted molar refractivity (Wildman–Crippen MR) is 57.2 cm³/mol. The van der Waals surface area contributed by atoms with Crippen LogP contribution < -0.4 is 5.56 Å². The fraction of sp³-hybridized carbons (Fsp3) is 0.455. The lowest BCUT2D eigenvalue weighted by Gasteiger charge is -2.05. The van der Waals surface area contributed by atoms with E-state index in [1.54, 1.807) is 0 Å². The fourth-order valence-electron chi connectivity index (χ4n) is 2.61. The molecule has 0 spiro atoms. The molecule has 2 aliphatic heterocycles. The fourth-order valence-corrected chi connectivity index (χ4v) is 2.61. The minimum atomic E-state index is -0.0374. The van der Waals surface area contributed by atoms with E-state index in [4.69, 9.17) is 0 Å². The lowest BCUT2D eigenvalue weighted by Crippen LogP contribution is -2.16. The molecule has 4 heteroatoms. The van der Waals surface area contributed by atoms with Gasteiger partial charge in [-0.25, -0.2) is 0 Å². The number of aryl methyl sites for hydroxylation is 2. The van der Waals surface area contributed by atoms with E-state index >= 15 is 0 Å². The molecular weight excluding hydrogens is 190 g/mol. The molecule has 0 unspecified atom stereocenters. The van der Waals surface area contributed by atoms with Crippen molar-refractivity contribution in [3.8, 4) is 11.4 Å². The lowest BCUT2D eigenvalue weighted by molar-refractivity contribution is 0.750. The van der Waals surface area contributed by atoms with Crippen LogP contribution in [-0.4, -0.2) is 14.8 Å². The molecule has 0 atom stereocenters. The second kappa shape index (κ2) is 2.72. The summed E-state index contributed by atoms with van der Waals surface area (Å²) in [5, 5.41) is 3.19. The van der Waals surface area contributed by atoms with Crippen molar-refractivity contribution in [3.63, 3.8) is 0 Å². The highest BCUT2D eigenvalue weighted by molar-refractivity contribution is 5.67. The third-order valence-corrected chi connectivity index (χ3v) is 3.24. The van der Waals surface area contributed by atoms with Crippen LogP contribution in [0.1, 0.15) is 23.2 Å². The molecule has 15 heavy (non-hydrogen) atoms. The van der Waals surface area contributed by atoms with E-state index in [2.05, 4.69) is 10.1 Å². The zero-order chi connectivity index (χ0) is 10.6. The molecule has 0 saturated carbocycles. The molecule has 2 heterocycles. The normalized spacial score (nSPS) is 14.8. The van der Waals surface area contributed by atoms with Crippen molar-refractivity contribution in [1.29, 1.82) is 0 Å². The van der Waals surface area contributed by atoms with Crippen LogP contribution in [0.4, 0.5) is 0 Å². The Bertz CT molecular complexity index is 564. The Hall–Kier alpha value is -1.58. The molecular formula is C11H13N3O. The van der Waals surface area contributed by atoms with Crippen LogP contribution in [0, 0.1) is 6.92 Å². The lowest BCUT2D eigenvalue weighted by atomic mass is 10.0. The van der Waals surface area contributed by atoms with Gasteiger partial charge in [0.25, 0.3) is 5.56 Å². The molecule has 0 saturated heterocycles. The average Bonchev–Trinajstić information content (AvgIpc) is 2.73. The van der Waals surface area contributed by atoms with Gasteiger partial charge in [-0.2, -0.15) is 4.98 Å². The summed E-state index contributed by atoms with van der Waals surface area (Å²) in [7, 11) is 1.89. The SMILES string of the molecule is Cc1[nH]n(C)c2nc(=O)c3c(c1-2)CCC3. The van der Waals surface area contributed by atoms with Crippen molar-refractivity contribution >= 4 is 0 Å². The summed E-state index contributed by atoms with van der Waals surface area (Å²) in [5.74, 6) is 0.790. The van der Waals surface area contributed by atoms with Crippen molar-refractivity contribution in [1.82, 2.24) is 14.8 Å². The van der Waals surface area contributed by atoms with Crippen molar-refractivity contribution in [2.75, 3.05) is 0 Å². The summed E-state index contributed by atoms with van der Waals surface area (Å²) in [6.45, 7) is 2.03. The molecule has 78 valence electrons. The van der Waals surface area contributed by atoms with Gasteiger partial charge in [0.15, 0.2) is 5.82 Å². The molecule has 0 amide bonds. The van der Waals surface area contributed by atoms with Crippen LogP contribution >= 0.6 is 0 Å². The van der Waals surface area contributed by atoms with Crippen LogP contribution in [0.25, 0.3) is 11.4 Å². The van der Waals surface area contributed by atoms with Gasteiger partial charge in [0.2, 0.25) is 0 Å². The van der Waals surface area contributed by atoms with Gasteiger partial charge in [-0.3, -0.25) is 9.48 Å². The van der Waals surface area contributed by atoms with Gasteiger partial charge < -0.3 is 5.10 Å².